The standard InChI is InChI=1S/C23H27N3O2/c1-2-3-4-5-11-26-12-10-17-13-19(8-9-21(17)26)25-22-20(23(27)28)14-18(15-24-22)16-6-7-16/h8-10,12-16H,2-7,11H2,1H3,(H,24,25)(H,27,28). The Bertz CT molecular complexity index is 989. The number of aromatic carboxylic acids is 1. The van der Waals surface area contributed by atoms with Gasteiger partial charge < -0.3 is 15.0 Å². The molecule has 0 spiro atoms. The quantitative estimate of drug-likeness (QED) is 0.453. The van der Waals surface area contributed by atoms with Gasteiger partial charge in [0.05, 0.1) is 0 Å². The van der Waals surface area contributed by atoms with E-state index in [0.717, 1.165) is 36.0 Å². The fourth-order valence-corrected chi connectivity index (χ4v) is 3.70. The van der Waals surface area contributed by atoms with Crippen LogP contribution in [0.1, 0.15) is 67.3 Å². The number of unbranched alkanes of at least 4 members (excludes halogenated alkanes) is 3. The molecule has 3 aromatic rings. The maximum Gasteiger partial charge on any atom is 0.339 e. The van der Waals surface area contributed by atoms with E-state index >= 15 is 0 Å². The molecule has 0 aliphatic heterocycles. The first-order chi connectivity index (χ1) is 13.7. The number of anilines is 2. The number of aromatic nitrogens is 2. The molecule has 1 fully saturated rings. The van der Waals surface area contributed by atoms with Crippen LogP contribution < -0.4 is 5.32 Å². The molecule has 4 rings (SSSR count). The number of hydrogen-bond donors (Lipinski definition) is 2. The van der Waals surface area contributed by atoms with E-state index in [2.05, 4.69) is 46.2 Å². The number of fused-ring (bicyclic) bond motifs is 1. The fraction of sp³-hybridized carbons (Fsp3) is 0.391. The molecule has 5 nitrogen and oxygen atoms in total. The summed E-state index contributed by atoms with van der Waals surface area (Å²) in [5.41, 5.74) is 3.32. The van der Waals surface area contributed by atoms with Crippen LogP contribution in [0.4, 0.5) is 11.5 Å². The van der Waals surface area contributed by atoms with Gasteiger partial charge in [-0.3, -0.25) is 0 Å². The summed E-state index contributed by atoms with van der Waals surface area (Å²) in [7, 11) is 0. The van der Waals surface area contributed by atoms with Crippen molar-refractivity contribution < 1.29 is 9.90 Å². The molecule has 28 heavy (non-hydrogen) atoms. The van der Waals surface area contributed by atoms with Gasteiger partial charge in [0.25, 0.3) is 0 Å². The second-order valence-electron chi connectivity index (χ2n) is 7.71. The van der Waals surface area contributed by atoms with Crippen molar-refractivity contribution in [3.63, 3.8) is 0 Å². The SMILES string of the molecule is CCCCCCn1ccc2cc(Nc3ncc(C4CC4)cc3C(=O)O)ccc21. The summed E-state index contributed by atoms with van der Waals surface area (Å²) in [6.45, 7) is 3.26. The van der Waals surface area contributed by atoms with Crippen molar-refractivity contribution >= 4 is 28.4 Å². The van der Waals surface area contributed by atoms with Crippen LogP contribution in [0, 0.1) is 0 Å². The van der Waals surface area contributed by atoms with E-state index in [1.165, 1.54) is 31.2 Å². The minimum Gasteiger partial charge on any atom is -0.478 e. The zero-order valence-electron chi connectivity index (χ0n) is 16.3. The van der Waals surface area contributed by atoms with Gasteiger partial charge in [0.1, 0.15) is 11.4 Å². The molecule has 2 heterocycles. The molecule has 2 aromatic heterocycles. The zero-order chi connectivity index (χ0) is 19.5. The highest BCUT2D eigenvalue weighted by atomic mass is 16.4. The van der Waals surface area contributed by atoms with E-state index < -0.39 is 5.97 Å². The van der Waals surface area contributed by atoms with Crippen LogP contribution in [0.3, 0.4) is 0 Å². The maximum absolute atomic E-state index is 11.7. The smallest absolute Gasteiger partial charge is 0.339 e. The minimum absolute atomic E-state index is 0.234. The normalized spacial score (nSPS) is 13.8. The van der Waals surface area contributed by atoms with Crippen molar-refractivity contribution in [3.05, 3.63) is 53.9 Å². The van der Waals surface area contributed by atoms with Gasteiger partial charge in [-0.05, 0) is 61.1 Å². The van der Waals surface area contributed by atoms with Crippen molar-refractivity contribution in [1.82, 2.24) is 9.55 Å². The van der Waals surface area contributed by atoms with Gasteiger partial charge in [-0.25, -0.2) is 9.78 Å². The highest BCUT2D eigenvalue weighted by molar-refractivity contribution is 5.94. The fourth-order valence-electron chi connectivity index (χ4n) is 3.70. The van der Waals surface area contributed by atoms with Gasteiger partial charge in [-0.15, -0.1) is 0 Å². The third kappa shape index (κ3) is 4.03. The lowest BCUT2D eigenvalue weighted by atomic mass is 10.1. The number of carbonyl (C=O) groups is 1. The Morgan fingerprint density at radius 1 is 1.21 bits per heavy atom. The van der Waals surface area contributed by atoms with Crippen LogP contribution in [0.25, 0.3) is 10.9 Å². The Kier molecular flexibility index (Phi) is 5.33. The Morgan fingerprint density at radius 2 is 2.07 bits per heavy atom. The van der Waals surface area contributed by atoms with Crippen LogP contribution in [0.5, 0.6) is 0 Å². The third-order valence-electron chi connectivity index (χ3n) is 5.47. The minimum atomic E-state index is -0.947. The van der Waals surface area contributed by atoms with E-state index in [1.54, 1.807) is 12.3 Å². The second-order valence-corrected chi connectivity index (χ2v) is 7.71. The second kappa shape index (κ2) is 8.05. The highest BCUT2D eigenvalue weighted by Gasteiger charge is 2.26. The Balaban J connectivity index is 1.53. The number of nitrogens with one attached hydrogen (secondary N) is 1. The summed E-state index contributed by atoms with van der Waals surface area (Å²) in [5.74, 6) is -0.0693. The molecular formula is C23H27N3O2. The highest BCUT2D eigenvalue weighted by Crippen LogP contribution is 2.40. The molecule has 0 radical (unpaired) electrons. The molecule has 0 bridgehead atoms. The lowest BCUT2D eigenvalue weighted by Gasteiger charge is -2.11. The number of benzene rings is 1. The van der Waals surface area contributed by atoms with Crippen molar-refractivity contribution in [2.45, 2.75) is 57.9 Å². The number of hydrogen-bond acceptors (Lipinski definition) is 3. The third-order valence-corrected chi connectivity index (χ3v) is 5.47. The molecule has 1 aliphatic carbocycles. The monoisotopic (exact) mass is 377 g/mol. The maximum atomic E-state index is 11.7. The van der Waals surface area contributed by atoms with E-state index in [0.29, 0.717) is 11.7 Å². The van der Waals surface area contributed by atoms with Gasteiger partial charge in [0.2, 0.25) is 0 Å². The van der Waals surface area contributed by atoms with Gasteiger partial charge in [-0.1, -0.05) is 26.2 Å². The van der Waals surface area contributed by atoms with Crippen molar-refractivity contribution in [2.24, 2.45) is 0 Å². The summed E-state index contributed by atoms with van der Waals surface area (Å²) in [4.78, 5) is 16.1. The number of rotatable bonds is 9. The van der Waals surface area contributed by atoms with Gasteiger partial charge in [0, 0.05) is 35.5 Å². The van der Waals surface area contributed by atoms with Gasteiger partial charge >= 0.3 is 5.97 Å². The molecule has 2 N–H and O–H groups in total. The zero-order valence-corrected chi connectivity index (χ0v) is 16.3. The molecule has 0 amide bonds. The molecular weight excluding hydrogens is 350 g/mol. The van der Waals surface area contributed by atoms with Crippen LogP contribution in [0.15, 0.2) is 42.7 Å². The molecule has 146 valence electrons. The lowest BCUT2D eigenvalue weighted by molar-refractivity contribution is 0.0697. The number of nitrogens with zero attached hydrogens (tertiary/aromatic N) is 2. The Labute approximate surface area is 165 Å². The molecule has 0 unspecified atom stereocenters. The van der Waals surface area contributed by atoms with Crippen LogP contribution >= 0.6 is 0 Å². The molecule has 5 heteroatoms. The first-order valence-electron chi connectivity index (χ1n) is 10.2. The van der Waals surface area contributed by atoms with E-state index in [9.17, 15) is 9.90 Å². The average molecular weight is 377 g/mol. The average Bonchev–Trinajstić information content (AvgIpc) is 3.47. The largest absolute Gasteiger partial charge is 0.478 e. The van der Waals surface area contributed by atoms with Crippen LogP contribution in [-0.4, -0.2) is 20.6 Å². The topological polar surface area (TPSA) is 67.2 Å². The van der Waals surface area contributed by atoms with Crippen LogP contribution in [-0.2, 0) is 6.54 Å². The number of carboxylic acid groups (broad SMARTS) is 1. The summed E-state index contributed by atoms with van der Waals surface area (Å²) in [5, 5.41) is 13.9. The molecule has 1 aliphatic rings. The summed E-state index contributed by atoms with van der Waals surface area (Å²) in [6.07, 6.45) is 11.2. The molecule has 1 saturated carbocycles. The molecule has 1 aromatic carbocycles. The van der Waals surface area contributed by atoms with Gasteiger partial charge in [-0.2, -0.15) is 0 Å². The van der Waals surface area contributed by atoms with Crippen LogP contribution in [0.2, 0.25) is 0 Å². The lowest BCUT2D eigenvalue weighted by Crippen LogP contribution is -2.06. The summed E-state index contributed by atoms with van der Waals surface area (Å²) in [6, 6.07) is 10.0. The number of carboxylic acids is 1. The van der Waals surface area contributed by atoms with Crippen molar-refractivity contribution in [2.75, 3.05) is 5.32 Å². The molecule has 0 saturated heterocycles. The summed E-state index contributed by atoms with van der Waals surface area (Å²) >= 11 is 0. The summed E-state index contributed by atoms with van der Waals surface area (Å²) < 4.78 is 2.29. The van der Waals surface area contributed by atoms with E-state index in [1.807, 2.05) is 6.07 Å². The first kappa shape index (κ1) is 18.5. The van der Waals surface area contributed by atoms with E-state index in [-0.39, 0.29) is 5.56 Å². The number of aryl methyl sites for hydroxylation is 1. The Morgan fingerprint density at radius 3 is 2.82 bits per heavy atom. The molecule has 0 atom stereocenters. The predicted molar refractivity (Wildman–Crippen MR) is 113 cm³/mol. The number of pyridine rings is 1. The van der Waals surface area contributed by atoms with Gasteiger partial charge in [0.15, 0.2) is 0 Å². The van der Waals surface area contributed by atoms with Crippen molar-refractivity contribution in [3.8, 4) is 0 Å². The first-order valence-corrected chi connectivity index (χ1v) is 10.2. The van der Waals surface area contributed by atoms with Crippen molar-refractivity contribution in [1.29, 1.82) is 0 Å². The van der Waals surface area contributed by atoms with E-state index in [4.69, 9.17) is 0 Å². The Hall–Kier alpha value is -2.82. The predicted octanol–water partition coefficient (Wildman–Crippen LogP) is 5.94.